The van der Waals surface area contributed by atoms with Gasteiger partial charge in [0.1, 0.15) is 5.75 Å². The smallest absolute Gasteiger partial charge is 0.336 e. The SMILES string of the molecule is O=C(/C=C/c1ccccc1)Oc1ccc(Br)cc1C=NNC(=O)c1cccc(NC(=O)c2ccccc2)c1. The Morgan fingerprint density at radius 2 is 1.47 bits per heavy atom. The largest absolute Gasteiger partial charge is 0.423 e. The Hall–Kier alpha value is -4.82. The highest BCUT2D eigenvalue weighted by Gasteiger charge is 2.10. The van der Waals surface area contributed by atoms with Gasteiger partial charge in [0, 0.05) is 32.9 Å². The molecule has 4 rings (SSSR count). The lowest BCUT2D eigenvalue weighted by Crippen LogP contribution is -2.18. The molecule has 38 heavy (non-hydrogen) atoms. The normalized spacial score (nSPS) is 10.9. The Morgan fingerprint density at radius 3 is 2.24 bits per heavy atom. The Kier molecular flexibility index (Phi) is 8.93. The highest BCUT2D eigenvalue weighted by Crippen LogP contribution is 2.22. The van der Waals surface area contributed by atoms with Crippen molar-refractivity contribution in [1.82, 2.24) is 5.43 Å². The molecule has 0 spiro atoms. The standard InChI is InChI=1S/C30H22BrN3O4/c31-25-15-16-27(38-28(35)17-14-21-8-3-1-4-9-21)24(18-25)20-32-34-30(37)23-12-7-13-26(19-23)33-29(36)22-10-5-2-6-11-22/h1-20H,(H,33,36)(H,34,37)/b17-14+,32-20?. The van der Waals surface area contributed by atoms with Crippen LogP contribution in [0.25, 0.3) is 6.08 Å². The summed E-state index contributed by atoms with van der Waals surface area (Å²) in [5.41, 5.74) is 5.09. The fraction of sp³-hybridized carbons (Fsp3) is 0. The van der Waals surface area contributed by atoms with Gasteiger partial charge in [0.2, 0.25) is 0 Å². The van der Waals surface area contributed by atoms with Crippen molar-refractivity contribution < 1.29 is 19.1 Å². The predicted molar refractivity (Wildman–Crippen MR) is 151 cm³/mol. The molecule has 4 aromatic carbocycles. The predicted octanol–water partition coefficient (Wildman–Crippen LogP) is 6.08. The minimum Gasteiger partial charge on any atom is -0.423 e. The van der Waals surface area contributed by atoms with Gasteiger partial charge in [-0.1, -0.05) is 70.5 Å². The summed E-state index contributed by atoms with van der Waals surface area (Å²) < 4.78 is 6.21. The van der Waals surface area contributed by atoms with E-state index in [0.29, 0.717) is 22.4 Å². The van der Waals surface area contributed by atoms with E-state index in [1.807, 2.05) is 36.4 Å². The summed E-state index contributed by atoms with van der Waals surface area (Å²) in [5.74, 6) is -1.03. The van der Waals surface area contributed by atoms with Crippen LogP contribution in [0.1, 0.15) is 31.8 Å². The van der Waals surface area contributed by atoms with Gasteiger partial charge >= 0.3 is 5.97 Å². The summed E-state index contributed by atoms with van der Waals surface area (Å²) in [6.45, 7) is 0. The Labute approximate surface area is 228 Å². The average molecular weight is 568 g/mol. The molecule has 0 atom stereocenters. The molecular formula is C30H22BrN3O4. The molecule has 8 heteroatoms. The number of esters is 1. The quantitative estimate of drug-likeness (QED) is 0.0885. The number of benzene rings is 4. The molecule has 2 N–H and O–H groups in total. The number of halogens is 1. The second kappa shape index (κ2) is 12.9. The molecule has 0 fully saturated rings. The Morgan fingerprint density at radius 1 is 0.763 bits per heavy atom. The zero-order chi connectivity index (χ0) is 26.7. The van der Waals surface area contributed by atoms with E-state index in [1.54, 1.807) is 72.8 Å². The first kappa shape index (κ1) is 26.2. The Balaban J connectivity index is 1.39. The van der Waals surface area contributed by atoms with Crippen LogP contribution in [0.5, 0.6) is 5.75 Å². The van der Waals surface area contributed by atoms with Gasteiger partial charge in [-0.25, -0.2) is 10.2 Å². The second-order valence-electron chi connectivity index (χ2n) is 7.95. The van der Waals surface area contributed by atoms with Gasteiger partial charge < -0.3 is 10.1 Å². The molecule has 0 radical (unpaired) electrons. The van der Waals surface area contributed by atoms with E-state index in [1.165, 1.54) is 12.3 Å². The number of nitrogens with zero attached hydrogens (tertiary/aromatic N) is 1. The van der Waals surface area contributed by atoms with Crippen LogP contribution in [0, 0.1) is 0 Å². The van der Waals surface area contributed by atoms with Crippen LogP contribution in [0.4, 0.5) is 5.69 Å². The summed E-state index contributed by atoms with van der Waals surface area (Å²) >= 11 is 3.39. The van der Waals surface area contributed by atoms with Crippen LogP contribution in [0.3, 0.4) is 0 Å². The first-order chi connectivity index (χ1) is 18.5. The van der Waals surface area contributed by atoms with E-state index in [2.05, 4.69) is 31.8 Å². The van der Waals surface area contributed by atoms with Crippen molar-refractivity contribution in [3.05, 3.63) is 136 Å². The summed E-state index contributed by atoms with van der Waals surface area (Å²) in [7, 11) is 0. The maximum atomic E-state index is 12.7. The van der Waals surface area contributed by atoms with Crippen molar-refractivity contribution in [3.63, 3.8) is 0 Å². The van der Waals surface area contributed by atoms with E-state index in [0.717, 1.165) is 10.0 Å². The molecule has 0 aliphatic heterocycles. The van der Waals surface area contributed by atoms with E-state index < -0.39 is 11.9 Å². The highest BCUT2D eigenvalue weighted by molar-refractivity contribution is 9.10. The molecule has 0 bridgehead atoms. The van der Waals surface area contributed by atoms with E-state index in [9.17, 15) is 14.4 Å². The molecule has 4 aromatic rings. The van der Waals surface area contributed by atoms with Crippen LogP contribution >= 0.6 is 15.9 Å². The van der Waals surface area contributed by atoms with Crippen molar-refractivity contribution in [1.29, 1.82) is 0 Å². The number of anilines is 1. The van der Waals surface area contributed by atoms with Gasteiger partial charge in [0.25, 0.3) is 11.8 Å². The average Bonchev–Trinajstić information content (AvgIpc) is 2.94. The van der Waals surface area contributed by atoms with Gasteiger partial charge in [0.15, 0.2) is 0 Å². The van der Waals surface area contributed by atoms with Crippen molar-refractivity contribution in [2.45, 2.75) is 0 Å². The number of nitrogens with one attached hydrogen (secondary N) is 2. The number of hydrogen-bond donors (Lipinski definition) is 2. The lowest BCUT2D eigenvalue weighted by Gasteiger charge is -2.08. The van der Waals surface area contributed by atoms with Crippen LogP contribution in [0.2, 0.25) is 0 Å². The maximum absolute atomic E-state index is 12.7. The molecule has 0 heterocycles. The molecule has 0 aromatic heterocycles. The number of carbonyl (C=O) groups excluding carboxylic acids is 3. The van der Waals surface area contributed by atoms with Crippen molar-refractivity contribution in [2.75, 3.05) is 5.32 Å². The van der Waals surface area contributed by atoms with E-state index in [-0.39, 0.29) is 11.7 Å². The molecule has 2 amide bonds. The summed E-state index contributed by atoms with van der Waals surface area (Å²) in [6.07, 6.45) is 4.38. The minimum absolute atomic E-state index is 0.277. The lowest BCUT2D eigenvalue weighted by molar-refractivity contribution is -0.128. The number of carbonyl (C=O) groups is 3. The first-order valence-corrected chi connectivity index (χ1v) is 12.3. The van der Waals surface area contributed by atoms with Crippen molar-refractivity contribution in [3.8, 4) is 5.75 Å². The fourth-order valence-electron chi connectivity index (χ4n) is 3.34. The third-order valence-corrected chi connectivity index (χ3v) is 5.68. The number of hydrogen-bond acceptors (Lipinski definition) is 5. The second-order valence-corrected chi connectivity index (χ2v) is 8.86. The van der Waals surface area contributed by atoms with E-state index in [4.69, 9.17) is 4.74 Å². The number of ether oxygens (including phenoxy) is 1. The molecule has 0 aliphatic rings. The minimum atomic E-state index is -0.552. The van der Waals surface area contributed by atoms with Gasteiger partial charge in [0.05, 0.1) is 6.21 Å². The van der Waals surface area contributed by atoms with Crippen molar-refractivity contribution >= 4 is 51.7 Å². The van der Waals surface area contributed by atoms with Crippen LogP contribution < -0.4 is 15.5 Å². The van der Waals surface area contributed by atoms with Crippen LogP contribution in [0.15, 0.2) is 119 Å². The fourth-order valence-corrected chi connectivity index (χ4v) is 3.72. The number of rotatable bonds is 8. The summed E-state index contributed by atoms with van der Waals surface area (Å²) in [4.78, 5) is 37.4. The lowest BCUT2D eigenvalue weighted by atomic mass is 10.1. The van der Waals surface area contributed by atoms with Crippen molar-refractivity contribution in [2.24, 2.45) is 5.10 Å². The van der Waals surface area contributed by atoms with Gasteiger partial charge in [-0.3, -0.25) is 9.59 Å². The zero-order valence-corrected chi connectivity index (χ0v) is 21.6. The third-order valence-electron chi connectivity index (χ3n) is 5.18. The topological polar surface area (TPSA) is 96.9 Å². The molecule has 0 unspecified atom stereocenters. The molecule has 0 aliphatic carbocycles. The Bertz CT molecular complexity index is 1500. The number of hydrazone groups is 1. The molecule has 188 valence electrons. The van der Waals surface area contributed by atoms with Gasteiger partial charge in [-0.05, 0) is 60.2 Å². The van der Waals surface area contributed by atoms with Gasteiger partial charge in [-0.15, -0.1) is 0 Å². The van der Waals surface area contributed by atoms with E-state index >= 15 is 0 Å². The number of amides is 2. The third kappa shape index (κ3) is 7.59. The molecule has 0 saturated heterocycles. The zero-order valence-electron chi connectivity index (χ0n) is 20.0. The molecular weight excluding hydrogens is 546 g/mol. The summed E-state index contributed by atoms with van der Waals surface area (Å²) in [5, 5.41) is 6.79. The first-order valence-electron chi connectivity index (χ1n) is 11.5. The maximum Gasteiger partial charge on any atom is 0.336 e. The molecule has 0 saturated carbocycles. The monoisotopic (exact) mass is 567 g/mol. The van der Waals surface area contributed by atoms with Gasteiger partial charge in [-0.2, -0.15) is 5.10 Å². The summed E-state index contributed by atoms with van der Waals surface area (Å²) in [6, 6.07) is 29.7. The molecule has 7 nitrogen and oxygen atoms in total. The van der Waals surface area contributed by atoms with Crippen LogP contribution in [-0.4, -0.2) is 24.0 Å². The van der Waals surface area contributed by atoms with Crippen LogP contribution in [-0.2, 0) is 4.79 Å². The highest BCUT2D eigenvalue weighted by atomic mass is 79.9.